The van der Waals surface area contributed by atoms with Crippen molar-refractivity contribution in [1.82, 2.24) is 9.80 Å². The molecule has 4 rings (SSSR count). The first-order valence-electron chi connectivity index (χ1n) is 9.78. The van der Waals surface area contributed by atoms with Crippen molar-refractivity contribution in [2.24, 2.45) is 0 Å². The number of fused-ring (bicyclic) bond motifs is 1. The van der Waals surface area contributed by atoms with Crippen molar-refractivity contribution in [3.8, 4) is 11.5 Å². The molecule has 2 aliphatic rings. The number of hydrogen-bond acceptors (Lipinski definition) is 7. The van der Waals surface area contributed by atoms with Crippen LogP contribution < -0.4 is 14.4 Å². The molecule has 0 radical (unpaired) electrons. The molecule has 158 valence electrons. The standard InChI is InChI=1S/C21H24N4O5/c1-22(2)17-5-4-16(12-18(17)25(27)28)21(26)24-9-7-23(8-10-24)13-15-3-6-19-20(11-15)30-14-29-19/h3-6,11-12H,7-10,13-14H2,1-2H3. The first-order chi connectivity index (χ1) is 14.4. The van der Waals surface area contributed by atoms with Gasteiger partial charge in [-0.15, -0.1) is 0 Å². The number of carbonyl (C=O) groups is 1. The maximum absolute atomic E-state index is 12.9. The van der Waals surface area contributed by atoms with Crippen LogP contribution in [-0.4, -0.2) is 67.7 Å². The molecule has 1 amide bonds. The Morgan fingerprint density at radius 2 is 1.80 bits per heavy atom. The second-order valence-corrected chi connectivity index (χ2v) is 7.61. The molecule has 2 aliphatic heterocycles. The highest BCUT2D eigenvalue weighted by atomic mass is 16.7. The zero-order chi connectivity index (χ0) is 21.3. The first-order valence-corrected chi connectivity index (χ1v) is 9.78. The van der Waals surface area contributed by atoms with E-state index in [1.54, 1.807) is 36.0 Å². The average Bonchev–Trinajstić information content (AvgIpc) is 3.21. The molecule has 1 saturated heterocycles. The fourth-order valence-corrected chi connectivity index (χ4v) is 3.77. The highest BCUT2D eigenvalue weighted by Crippen LogP contribution is 2.33. The number of anilines is 1. The SMILES string of the molecule is CN(C)c1ccc(C(=O)N2CCN(Cc3ccc4c(c3)OCO4)CC2)cc1[N+](=O)[O-]. The number of ether oxygens (including phenoxy) is 2. The number of nitro groups is 1. The van der Waals surface area contributed by atoms with Gasteiger partial charge in [-0.25, -0.2) is 0 Å². The van der Waals surface area contributed by atoms with Crippen LogP contribution in [0.1, 0.15) is 15.9 Å². The van der Waals surface area contributed by atoms with Crippen LogP contribution in [0.15, 0.2) is 36.4 Å². The summed E-state index contributed by atoms with van der Waals surface area (Å²) in [6, 6.07) is 10.6. The molecule has 2 heterocycles. The normalized spacial score (nSPS) is 15.9. The fraction of sp³-hybridized carbons (Fsp3) is 0.381. The van der Waals surface area contributed by atoms with Crippen LogP contribution in [0.5, 0.6) is 11.5 Å². The summed E-state index contributed by atoms with van der Waals surface area (Å²) in [5, 5.41) is 11.4. The van der Waals surface area contributed by atoms with Gasteiger partial charge in [0.1, 0.15) is 5.69 Å². The van der Waals surface area contributed by atoms with Crippen molar-refractivity contribution in [1.29, 1.82) is 0 Å². The Morgan fingerprint density at radius 1 is 1.07 bits per heavy atom. The van der Waals surface area contributed by atoms with Gasteiger partial charge in [0, 0.05) is 58.4 Å². The third kappa shape index (κ3) is 4.02. The van der Waals surface area contributed by atoms with Gasteiger partial charge in [-0.2, -0.15) is 0 Å². The second kappa shape index (κ2) is 8.19. The van der Waals surface area contributed by atoms with Crippen LogP contribution in [0, 0.1) is 10.1 Å². The summed E-state index contributed by atoms with van der Waals surface area (Å²) in [5.41, 5.74) is 1.89. The minimum absolute atomic E-state index is 0.0627. The van der Waals surface area contributed by atoms with E-state index in [4.69, 9.17) is 9.47 Å². The van der Waals surface area contributed by atoms with Gasteiger partial charge in [0.25, 0.3) is 11.6 Å². The summed E-state index contributed by atoms with van der Waals surface area (Å²) in [6.07, 6.45) is 0. The van der Waals surface area contributed by atoms with Crippen molar-refractivity contribution in [2.75, 3.05) is 52.0 Å². The molecule has 0 unspecified atom stereocenters. The van der Waals surface area contributed by atoms with E-state index in [1.165, 1.54) is 6.07 Å². The van der Waals surface area contributed by atoms with E-state index in [2.05, 4.69) is 4.90 Å². The number of nitrogens with zero attached hydrogens (tertiary/aromatic N) is 4. The molecule has 0 atom stereocenters. The zero-order valence-corrected chi connectivity index (χ0v) is 17.0. The van der Waals surface area contributed by atoms with Crippen molar-refractivity contribution in [3.63, 3.8) is 0 Å². The molecule has 0 saturated carbocycles. The lowest BCUT2D eigenvalue weighted by Gasteiger charge is -2.34. The molecule has 0 N–H and O–H groups in total. The molecule has 2 aromatic rings. The van der Waals surface area contributed by atoms with Gasteiger partial charge in [0.05, 0.1) is 4.92 Å². The number of amides is 1. The Labute approximate surface area is 174 Å². The predicted molar refractivity (Wildman–Crippen MR) is 111 cm³/mol. The molecule has 9 nitrogen and oxygen atoms in total. The Hall–Kier alpha value is -3.33. The van der Waals surface area contributed by atoms with E-state index in [9.17, 15) is 14.9 Å². The van der Waals surface area contributed by atoms with E-state index < -0.39 is 4.92 Å². The molecular formula is C21H24N4O5. The Balaban J connectivity index is 1.38. The Bertz CT molecular complexity index is 970. The molecule has 2 aromatic carbocycles. The van der Waals surface area contributed by atoms with E-state index in [0.717, 1.165) is 36.7 Å². The topological polar surface area (TPSA) is 88.4 Å². The molecule has 30 heavy (non-hydrogen) atoms. The van der Waals surface area contributed by atoms with Gasteiger partial charge in [0.2, 0.25) is 6.79 Å². The van der Waals surface area contributed by atoms with Crippen molar-refractivity contribution in [3.05, 3.63) is 57.6 Å². The van der Waals surface area contributed by atoms with Crippen LogP contribution in [0.4, 0.5) is 11.4 Å². The number of carbonyl (C=O) groups excluding carboxylic acids is 1. The molecule has 1 fully saturated rings. The fourth-order valence-electron chi connectivity index (χ4n) is 3.77. The summed E-state index contributed by atoms with van der Waals surface area (Å²) in [7, 11) is 3.48. The molecule has 9 heteroatoms. The summed E-state index contributed by atoms with van der Waals surface area (Å²) >= 11 is 0. The molecule has 0 bridgehead atoms. The lowest BCUT2D eigenvalue weighted by molar-refractivity contribution is -0.384. The smallest absolute Gasteiger partial charge is 0.293 e. The molecular weight excluding hydrogens is 388 g/mol. The van der Waals surface area contributed by atoms with E-state index in [-0.39, 0.29) is 18.4 Å². The van der Waals surface area contributed by atoms with Gasteiger partial charge < -0.3 is 19.3 Å². The molecule has 0 spiro atoms. The van der Waals surface area contributed by atoms with Gasteiger partial charge in [-0.1, -0.05) is 6.07 Å². The van der Waals surface area contributed by atoms with Gasteiger partial charge in [0.15, 0.2) is 11.5 Å². The van der Waals surface area contributed by atoms with Crippen molar-refractivity contribution < 1.29 is 19.2 Å². The summed E-state index contributed by atoms with van der Waals surface area (Å²) in [5.74, 6) is 1.36. The van der Waals surface area contributed by atoms with Gasteiger partial charge >= 0.3 is 0 Å². The quantitative estimate of drug-likeness (QED) is 0.550. The summed E-state index contributed by atoms with van der Waals surface area (Å²) in [6.45, 7) is 3.64. The number of hydrogen-bond donors (Lipinski definition) is 0. The molecule has 0 aromatic heterocycles. The van der Waals surface area contributed by atoms with Crippen molar-refractivity contribution in [2.45, 2.75) is 6.54 Å². The average molecular weight is 412 g/mol. The van der Waals surface area contributed by atoms with Gasteiger partial charge in [-0.3, -0.25) is 19.8 Å². The number of piperazine rings is 1. The third-order valence-corrected chi connectivity index (χ3v) is 5.40. The van der Waals surface area contributed by atoms with Gasteiger partial charge in [-0.05, 0) is 29.8 Å². The number of nitro benzene ring substituents is 1. The van der Waals surface area contributed by atoms with Crippen LogP contribution in [0.25, 0.3) is 0 Å². The summed E-state index contributed by atoms with van der Waals surface area (Å²) < 4.78 is 10.8. The monoisotopic (exact) mass is 412 g/mol. The predicted octanol–water partition coefficient (Wildman–Crippen LogP) is 2.35. The van der Waals surface area contributed by atoms with Crippen LogP contribution in [0.3, 0.4) is 0 Å². The lowest BCUT2D eigenvalue weighted by Crippen LogP contribution is -2.48. The first kappa shape index (κ1) is 20.0. The zero-order valence-electron chi connectivity index (χ0n) is 17.0. The Kier molecular flexibility index (Phi) is 5.45. The highest BCUT2D eigenvalue weighted by molar-refractivity contribution is 5.95. The highest BCUT2D eigenvalue weighted by Gasteiger charge is 2.25. The van der Waals surface area contributed by atoms with Crippen molar-refractivity contribution >= 4 is 17.3 Å². The number of benzene rings is 2. The van der Waals surface area contributed by atoms with Crippen LogP contribution >= 0.6 is 0 Å². The van der Waals surface area contributed by atoms with Crippen LogP contribution in [0.2, 0.25) is 0 Å². The summed E-state index contributed by atoms with van der Waals surface area (Å²) in [4.78, 5) is 29.5. The largest absolute Gasteiger partial charge is 0.454 e. The lowest BCUT2D eigenvalue weighted by atomic mass is 10.1. The minimum atomic E-state index is -0.449. The minimum Gasteiger partial charge on any atom is -0.454 e. The molecule has 0 aliphatic carbocycles. The van der Waals surface area contributed by atoms with Crippen LogP contribution in [-0.2, 0) is 6.54 Å². The maximum Gasteiger partial charge on any atom is 0.293 e. The van der Waals surface area contributed by atoms with E-state index in [1.807, 2.05) is 18.2 Å². The second-order valence-electron chi connectivity index (χ2n) is 7.61. The Morgan fingerprint density at radius 3 is 2.50 bits per heavy atom. The van der Waals surface area contributed by atoms with E-state index in [0.29, 0.717) is 24.3 Å². The van der Waals surface area contributed by atoms with E-state index >= 15 is 0 Å². The maximum atomic E-state index is 12.9. The number of rotatable bonds is 5. The third-order valence-electron chi connectivity index (χ3n) is 5.40.